The van der Waals surface area contributed by atoms with Crippen LogP contribution in [0, 0.1) is 6.92 Å². The highest BCUT2D eigenvalue weighted by Crippen LogP contribution is 2.33. The number of hydrogen-bond donors (Lipinski definition) is 3. The molecule has 4 heterocycles. The van der Waals surface area contributed by atoms with Crippen molar-refractivity contribution in [2.75, 3.05) is 23.8 Å². The molecule has 3 aromatic rings. The number of aliphatic hydroxyl groups is 1. The first-order valence-corrected chi connectivity index (χ1v) is 11.5. The molecule has 5 rings (SSSR count). The highest BCUT2D eigenvalue weighted by Gasteiger charge is 2.24. The number of nitrogens with one attached hydrogen (secondary N) is 2. The average molecular weight is 429 g/mol. The summed E-state index contributed by atoms with van der Waals surface area (Å²) >= 11 is 1.41. The van der Waals surface area contributed by atoms with Gasteiger partial charge < -0.3 is 25.0 Å². The molecule has 2 fully saturated rings. The van der Waals surface area contributed by atoms with E-state index in [0.717, 1.165) is 79.3 Å². The number of anilines is 3. The van der Waals surface area contributed by atoms with E-state index in [2.05, 4.69) is 31.8 Å². The van der Waals surface area contributed by atoms with Crippen LogP contribution in [0.2, 0.25) is 0 Å². The second-order valence-electron chi connectivity index (χ2n) is 8.30. The molecule has 0 aromatic carbocycles. The van der Waals surface area contributed by atoms with E-state index in [9.17, 15) is 5.11 Å². The maximum absolute atomic E-state index is 9.87. The quantitative estimate of drug-likeness (QED) is 0.565. The molecular formula is C21H28N6O2S. The fourth-order valence-electron chi connectivity index (χ4n) is 4.44. The first-order chi connectivity index (χ1) is 14.7. The summed E-state index contributed by atoms with van der Waals surface area (Å²) in [7, 11) is 0. The molecule has 0 unspecified atom stereocenters. The predicted octanol–water partition coefficient (Wildman–Crippen LogP) is 4.01. The number of aryl methyl sites for hydroxylation is 1. The molecule has 9 heteroatoms. The van der Waals surface area contributed by atoms with Crippen molar-refractivity contribution in [1.29, 1.82) is 0 Å². The van der Waals surface area contributed by atoms with Crippen LogP contribution in [0.5, 0.6) is 0 Å². The molecule has 8 nitrogen and oxygen atoms in total. The summed E-state index contributed by atoms with van der Waals surface area (Å²) in [6.07, 6.45) is 7.51. The topological polar surface area (TPSA) is 97.1 Å². The lowest BCUT2D eigenvalue weighted by Crippen LogP contribution is -2.29. The number of nitrogens with zero attached hydrogens (tertiary/aromatic N) is 4. The summed E-state index contributed by atoms with van der Waals surface area (Å²) in [5.41, 5.74) is 2.96. The lowest BCUT2D eigenvalue weighted by Gasteiger charge is -2.28. The van der Waals surface area contributed by atoms with E-state index in [1.165, 1.54) is 11.5 Å². The Kier molecular flexibility index (Phi) is 5.58. The van der Waals surface area contributed by atoms with Crippen LogP contribution in [-0.2, 0) is 4.74 Å². The summed E-state index contributed by atoms with van der Waals surface area (Å²) in [5, 5.41) is 17.8. The highest BCUT2D eigenvalue weighted by molar-refractivity contribution is 7.10. The first-order valence-electron chi connectivity index (χ1n) is 10.8. The van der Waals surface area contributed by atoms with Crippen LogP contribution in [0.1, 0.15) is 50.3 Å². The molecule has 1 aliphatic heterocycles. The zero-order valence-corrected chi connectivity index (χ0v) is 18.0. The molecule has 0 atom stereocenters. The van der Waals surface area contributed by atoms with Crippen molar-refractivity contribution in [3.63, 3.8) is 0 Å². The molecule has 0 amide bonds. The number of fused-ring (bicyclic) bond motifs is 1. The van der Waals surface area contributed by atoms with Gasteiger partial charge in [-0.05, 0) is 69.1 Å². The Balaban J connectivity index is 1.50. The third-order valence-corrected chi connectivity index (χ3v) is 6.84. The summed E-state index contributed by atoms with van der Waals surface area (Å²) in [6, 6.07) is 4.78. The van der Waals surface area contributed by atoms with Gasteiger partial charge in [0, 0.05) is 31.5 Å². The van der Waals surface area contributed by atoms with Gasteiger partial charge in [0.2, 0.25) is 5.95 Å². The molecule has 1 saturated carbocycles. The number of aromatic nitrogens is 4. The van der Waals surface area contributed by atoms with Crippen LogP contribution < -0.4 is 10.6 Å². The fraction of sp³-hybridized carbons (Fsp3) is 0.571. The zero-order chi connectivity index (χ0) is 20.5. The van der Waals surface area contributed by atoms with Crippen molar-refractivity contribution >= 4 is 39.3 Å². The standard InChI is InChI=1S/C21H28N6O2S/c1-13-12-18(30-26-13)24-21-23-17-6-9-27(15-7-10-29-11-8-15)19(17)20(25-21)22-14-2-4-16(28)5-3-14/h6,9,12,14-16,28H,2-5,7-8,10-11H2,1H3,(H2,22,23,24,25). The molecular weight excluding hydrogens is 400 g/mol. The molecule has 2 aliphatic rings. The van der Waals surface area contributed by atoms with Crippen LogP contribution >= 0.6 is 11.5 Å². The summed E-state index contributed by atoms with van der Waals surface area (Å²) in [6.45, 7) is 3.56. The molecule has 160 valence electrons. The van der Waals surface area contributed by atoms with E-state index in [1.54, 1.807) is 0 Å². The second-order valence-corrected chi connectivity index (χ2v) is 9.11. The molecule has 3 aromatic heterocycles. The predicted molar refractivity (Wildman–Crippen MR) is 119 cm³/mol. The third kappa shape index (κ3) is 4.14. The highest BCUT2D eigenvalue weighted by atomic mass is 32.1. The second kappa shape index (κ2) is 8.49. The number of rotatable bonds is 5. The van der Waals surface area contributed by atoms with Crippen LogP contribution in [0.25, 0.3) is 11.0 Å². The van der Waals surface area contributed by atoms with E-state index in [-0.39, 0.29) is 6.10 Å². The third-order valence-electron chi connectivity index (χ3n) is 6.05. The van der Waals surface area contributed by atoms with Gasteiger partial charge in [0.15, 0.2) is 5.82 Å². The molecule has 0 bridgehead atoms. The van der Waals surface area contributed by atoms with Gasteiger partial charge in [-0.1, -0.05) is 0 Å². The Morgan fingerprint density at radius 2 is 1.93 bits per heavy atom. The minimum Gasteiger partial charge on any atom is -0.393 e. The largest absolute Gasteiger partial charge is 0.393 e. The molecule has 0 spiro atoms. The fourth-order valence-corrected chi connectivity index (χ4v) is 5.09. The number of hydrogen-bond acceptors (Lipinski definition) is 8. The van der Waals surface area contributed by atoms with E-state index < -0.39 is 0 Å². The first kappa shape index (κ1) is 19.7. The summed E-state index contributed by atoms with van der Waals surface area (Å²) in [5.74, 6) is 1.44. The van der Waals surface area contributed by atoms with Crippen molar-refractivity contribution in [2.24, 2.45) is 0 Å². The van der Waals surface area contributed by atoms with Gasteiger partial charge in [-0.3, -0.25) is 0 Å². The summed E-state index contributed by atoms with van der Waals surface area (Å²) < 4.78 is 12.2. The van der Waals surface area contributed by atoms with Crippen molar-refractivity contribution in [3.05, 3.63) is 24.0 Å². The van der Waals surface area contributed by atoms with E-state index in [1.807, 2.05) is 13.0 Å². The SMILES string of the molecule is Cc1cc(Nc2nc(NC3CCC(O)CC3)c3c(ccn3C3CCOCC3)n2)sn1. The zero-order valence-electron chi connectivity index (χ0n) is 17.2. The van der Waals surface area contributed by atoms with Gasteiger partial charge in [-0.2, -0.15) is 9.36 Å². The Morgan fingerprint density at radius 1 is 1.13 bits per heavy atom. The maximum Gasteiger partial charge on any atom is 0.230 e. The minimum atomic E-state index is -0.175. The Hall–Kier alpha value is -2.23. The van der Waals surface area contributed by atoms with Crippen LogP contribution in [0.3, 0.4) is 0 Å². The normalized spacial score (nSPS) is 23.0. The van der Waals surface area contributed by atoms with E-state index >= 15 is 0 Å². The summed E-state index contributed by atoms with van der Waals surface area (Å²) in [4.78, 5) is 9.66. The van der Waals surface area contributed by atoms with Crippen molar-refractivity contribution in [1.82, 2.24) is 18.9 Å². The number of aliphatic hydroxyl groups excluding tert-OH is 1. The Labute approximate surface area is 179 Å². The van der Waals surface area contributed by atoms with Crippen molar-refractivity contribution < 1.29 is 9.84 Å². The van der Waals surface area contributed by atoms with Crippen LogP contribution in [0.15, 0.2) is 18.3 Å². The van der Waals surface area contributed by atoms with Crippen molar-refractivity contribution in [3.8, 4) is 0 Å². The van der Waals surface area contributed by atoms with Crippen LogP contribution in [0.4, 0.5) is 16.8 Å². The molecule has 3 N–H and O–H groups in total. The Bertz CT molecular complexity index is 1000. The lowest BCUT2D eigenvalue weighted by atomic mass is 9.93. The van der Waals surface area contributed by atoms with Crippen LogP contribution in [-0.4, -0.2) is 49.4 Å². The average Bonchev–Trinajstić information content (AvgIpc) is 3.36. The maximum atomic E-state index is 9.87. The number of ether oxygens (including phenoxy) is 1. The Morgan fingerprint density at radius 3 is 2.67 bits per heavy atom. The van der Waals surface area contributed by atoms with Crippen molar-refractivity contribution in [2.45, 2.75) is 63.6 Å². The molecule has 1 aliphatic carbocycles. The van der Waals surface area contributed by atoms with Gasteiger partial charge in [0.05, 0.1) is 17.3 Å². The smallest absolute Gasteiger partial charge is 0.230 e. The van der Waals surface area contributed by atoms with Gasteiger partial charge in [-0.15, -0.1) is 0 Å². The molecule has 30 heavy (non-hydrogen) atoms. The van der Waals surface area contributed by atoms with E-state index in [4.69, 9.17) is 14.7 Å². The molecule has 0 radical (unpaired) electrons. The molecule has 1 saturated heterocycles. The monoisotopic (exact) mass is 428 g/mol. The minimum absolute atomic E-state index is 0.175. The van der Waals surface area contributed by atoms with Gasteiger partial charge in [0.25, 0.3) is 0 Å². The van der Waals surface area contributed by atoms with Gasteiger partial charge in [0.1, 0.15) is 10.5 Å². The lowest BCUT2D eigenvalue weighted by molar-refractivity contribution is 0.0707. The van der Waals surface area contributed by atoms with Gasteiger partial charge >= 0.3 is 0 Å². The van der Waals surface area contributed by atoms with Gasteiger partial charge in [-0.25, -0.2) is 4.98 Å². The van der Waals surface area contributed by atoms with E-state index in [0.29, 0.717) is 18.0 Å².